The molecule has 3 rings (SSSR count). The molecule has 5 nitrogen and oxygen atoms in total. The van der Waals surface area contributed by atoms with Crippen LogP contribution in [-0.4, -0.2) is 32.3 Å². The van der Waals surface area contributed by atoms with Crippen LogP contribution in [0.2, 0.25) is 0 Å². The van der Waals surface area contributed by atoms with Gasteiger partial charge in [0.25, 0.3) is 0 Å². The number of para-hydroxylation sites is 1. The number of guanidine groups is 1. The highest BCUT2D eigenvalue weighted by Crippen LogP contribution is 2.37. The van der Waals surface area contributed by atoms with Gasteiger partial charge in [-0.25, -0.2) is 0 Å². The Morgan fingerprint density at radius 3 is 2.76 bits per heavy atom. The molecule has 6 heteroatoms. The van der Waals surface area contributed by atoms with E-state index in [1.165, 1.54) is 0 Å². The van der Waals surface area contributed by atoms with Gasteiger partial charge in [0.05, 0.1) is 18.8 Å². The van der Waals surface area contributed by atoms with Crippen molar-refractivity contribution in [2.75, 3.05) is 20.3 Å². The fraction of sp³-hybridized carbons (Fsp3) is 0.632. The monoisotopic (exact) mass is 459 g/mol. The zero-order chi connectivity index (χ0) is 17.0. The van der Waals surface area contributed by atoms with Crippen molar-refractivity contribution in [1.82, 2.24) is 5.32 Å². The molecule has 0 bridgehead atoms. The molecule has 1 atom stereocenters. The van der Waals surface area contributed by atoms with E-state index in [2.05, 4.69) is 23.3 Å². The number of aliphatic imine (C=N–C) groups is 1. The third kappa shape index (κ3) is 5.23. The number of methoxy groups -OCH3 is 1. The summed E-state index contributed by atoms with van der Waals surface area (Å²) < 4.78 is 11.2. The molecule has 0 amide bonds. The molecule has 1 aromatic rings. The molecule has 1 aliphatic heterocycles. The van der Waals surface area contributed by atoms with Gasteiger partial charge >= 0.3 is 0 Å². The molecule has 3 N–H and O–H groups in total. The summed E-state index contributed by atoms with van der Waals surface area (Å²) in [5.41, 5.74) is 7.56. The van der Waals surface area contributed by atoms with Crippen molar-refractivity contribution in [1.29, 1.82) is 0 Å². The van der Waals surface area contributed by atoms with E-state index in [1.54, 1.807) is 7.11 Å². The van der Waals surface area contributed by atoms with Crippen molar-refractivity contribution < 1.29 is 9.47 Å². The number of halogens is 1. The number of nitrogens with two attached hydrogens (primary N) is 1. The number of nitrogens with zero attached hydrogens (tertiary/aromatic N) is 1. The van der Waals surface area contributed by atoms with Crippen LogP contribution in [0.1, 0.15) is 50.6 Å². The Labute approximate surface area is 167 Å². The van der Waals surface area contributed by atoms with Gasteiger partial charge in [-0.1, -0.05) is 25.1 Å². The van der Waals surface area contributed by atoms with Crippen molar-refractivity contribution in [3.63, 3.8) is 0 Å². The summed E-state index contributed by atoms with van der Waals surface area (Å²) in [6.07, 6.45) is 5.83. The highest BCUT2D eigenvalue weighted by Gasteiger charge is 2.31. The summed E-state index contributed by atoms with van der Waals surface area (Å²) >= 11 is 0. The van der Waals surface area contributed by atoms with Crippen molar-refractivity contribution in [3.8, 4) is 5.75 Å². The summed E-state index contributed by atoms with van der Waals surface area (Å²) in [6, 6.07) is 8.30. The largest absolute Gasteiger partial charge is 0.493 e. The molecule has 0 aromatic heterocycles. The van der Waals surface area contributed by atoms with E-state index in [9.17, 15) is 0 Å². The molecule has 140 valence electrons. The maximum Gasteiger partial charge on any atom is 0.189 e. The summed E-state index contributed by atoms with van der Waals surface area (Å²) in [4.78, 5) is 4.64. The van der Waals surface area contributed by atoms with Crippen molar-refractivity contribution in [3.05, 3.63) is 29.8 Å². The van der Waals surface area contributed by atoms with E-state index in [1.807, 2.05) is 18.2 Å². The predicted molar refractivity (Wildman–Crippen MR) is 112 cm³/mol. The molecule has 0 radical (unpaired) electrons. The Hall–Kier alpha value is -1.02. The van der Waals surface area contributed by atoms with E-state index in [0.29, 0.717) is 18.7 Å². The second-order valence-corrected chi connectivity index (χ2v) is 7.32. The fourth-order valence-corrected chi connectivity index (χ4v) is 3.67. The van der Waals surface area contributed by atoms with Gasteiger partial charge in [-0.2, -0.15) is 0 Å². The molecule has 0 spiro atoms. The average Bonchev–Trinajstić information content (AvgIpc) is 2.61. The maximum absolute atomic E-state index is 6.16. The first-order valence-electron chi connectivity index (χ1n) is 8.91. The van der Waals surface area contributed by atoms with Crippen LogP contribution >= 0.6 is 24.0 Å². The molecular formula is C19H30IN3O2. The molecule has 1 saturated carbocycles. The highest BCUT2D eigenvalue weighted by atomic mass is 127. The number of nitrogens with one attached hydrogen (secondary N) is 1. The molecule has 1 aromatic carbocycles. The van der Waals surface area contributed by atoms with Crippen LogP contribution in [0.15, 0.2) is 29.3 Å². The Kier molecular flexibility index (Phi) is 7.37. The van der Waals surface area contributed by atoms with E-state index in [4.69, 9.17) is 15.2 Å². The number of hydrogen-bond acceptors (Lipinski definition) is 3. The lowest BCUT2D eigenvalue weighted by Gasteiger charge is -2.35. The second kappa shape index (κ2) is 9.07. The Bertz CT molecular complexity index is 586. The molecule has 25 heavy (non-hydrogen) atoms. The van der Waals surface area contributed by atoms with E-state index < -0.39 is 0 Å². The minimum Gasteiger partial charge on any atom is -0.493 e. The highest BCUT2D eigenvalue weighted by molar-refractivity contribution is 14.0. The number of fused-ring (bicyclic) bond motifs is 1. The quantitative estimate of drug-likeness (QED) is 0.410. The molecule has 0 saturated heterocycles. The molecular weight excluding hydrogens is 429 g/mol. The average molecular weight is 459 g/mol. The number of hydrogen-bond donors (Lipinski definition) is 2. The first kappa shape index (κ1) is 20.3. The molecule has 1 fully saturated rings. The van der Waals surface area contributed by atoms with Gasteiger partial charge in [-0.3, -0.25) is 4.99 Å². The lowest BCUT2D eigenvalue weighted by atomic mass is 9.75. The minimum absolute atomic E-state index is 0. The Morgan fingerprint density at radius 2 is 2.04 bits per heavy atom. The van der Waals surface area contributed by atoms with Gasteiger partial charge in [0, 0.05) is 25.6 Å². The van der Waals surface area contributed by atoms with Gasteiger partial charge in [0.2, 0.25) is 0 Å². The fourth-order valence-electron chi connectivity index (χ4n) is 3.67. The van der Waals surface area contributed by atoms with Gasteiger partial charge < -0.3 is 20.5 Å². The van der Waals surface area contributed by atoms with Crippen molar-refractivity contribution >= 4 is 29.9 Å². The molecule has 2 aliphatic rings. The minimum atomic E-state index is 0. The smallest absolute Gasteiger partial charge is 0.189 e. The van der Waals surface area contributed by atoms with Crippen LogP contribution < -0.4 is 15.8 Å². The number of ether oxygens (including phenoxy) is 2. The third-order valence-electron chi connectivity index (χ3n) is 5.38. The third-order valence-corrected chi connectivity index (χ3v) is 5.38. The van der Waals surface area contributed by atoms with E-state index in [-0.39, 0.29) is 35.4 Å². The van der Waals surface area contributed by atoms with Crippen LogP contribution in [0, 0.1) is 5.41 Å². The van der Waals surface area contributed by atoms with Gasteiger partial charge in [-0.05, 0) is 37.2 Å². The van der Waals surface area contributed by atoms with Crippen LogP contribution in [0.4, 0.5) is 0 Å². The number of rotatable bonds is 4. The zero-order valence-electron chi connectivity index (χ0n) is 15.2. The Morgan fingerprint density at radius 1 is 1.32 bits per heavy atom. The van der Waals surface area contributed by atoms with Crippen LogP contribution in [0.3, 0.4) is 0 Å². The number of benzene rings is 1. The Balaban J connectivity index is 0.00000225. The molecule has 1 heterocycles. The van der Waals surface area contributed by atoms with Gasteiger partial charge in [-0.15, -0.1) is 24.0 Å². The predicted octanol–water partition coefficient (Wildman–Crippen LogP) is 3.63. The van der Waals surface area contributed by atoms with Crippen LogP contribution in [-0.2, 0) is 4.74 Å². The first-order chi connectivity index (χ1) is 11.6. The van der Waals surface area contributed by atoms with Crippen molar-refractivity contribution in [2.45, 2.75) is 51.2 Å². The lowest BCUT2D eigenvalue weighted by Crippen LogP contribution is -2.38. The molecule has 1 aliphatic carbocycles. The van der Waals surface area contributed by atoms with E-state index >= 15 is 0 Å². The molecule has 1 unspecified atom stereocenters. The second-order valence-electron chi connectivity index (χ2n) is 7.32. The van der Waals surface area contributed by atoms with Crippen molar-refractivity contribution in [2.24, 2.45) is 16.1 Å². The van der Waals surface area contributed by atoms with Gasteiger partial charge in [0.1, 0.15) is 5.75 Å². The maximum atomic E-state index is 6.16. The summed E-state index contributed by atoms with van der Waals surface area (Å²) in [5, 5.41) is 3.37. The summed E-state index contributed by atoms with van der Waals surface area (Å²) in [6.45, 7) is 3.78. The summed E-state index contributed by atoms with van der Waals surface area (Å²) in [5.74, 6) is 1.48. The zero-order valence-corrected chi connectivity index (χ0v) is 17.5. The van der Waals surface area contributed by atoms with Gasteiger partial charge in [0.15, 0.2) is 5.96 Å². The SMILES string of the molecule is COC1CCC(C)(CN=C(N)NC2CCOc3ccccc32)CC1.I. The summed E-state index contributed by atoms with van der Waals surface area (Å²) in [7, 11) is 1.80. The van der Waals surface area contributed by atoms with Crippen LogP contribution in [0.25, 0.3) is 0 Å². The van der Waals surface area contributed by atoms with Crippen LogP contribution in [0.5, 0.6) is 5.75 Å². The van der Waals surface area contributed by atoms with E-state index in [0.717, 1.165) is 50.0 Å². The topological polar surface area (TPSA) is 68.9 Å². The normalized spacial score (nSPS) is 29.1. The first-order valence-corrected chi connectivity index (χ1v) is 8.91. The standard InChI is InChI=1S/C19H29N3O2.HI/c1-19(10-7-14(23-2)8-11-19)13-21-18(20)22-16-9-12-24-17-6-4-3-5-15(16)17;/h3-6,14,16H,7-13H2,1-2H3,(H3,20,21,22);1H. The lowest BCUT2D eigenvalue weighted by molar-refractivity contribution is 0.0352.